The van der Waals surface area contributed by atoms with E-state index in [0.29, 0.717) is 5.92 Å². The summed E-state index contributed by atoms with van der Waals surface area (Å²) in [6.45, 7) is 6.62. The molecule has 0 aromatic carbocycles. The first kappa shape index (κ1) is 14.6. The first-order valence-corrected chi connectivity index (χ1v) is 8.07. The van der Waals surface area contributed by atoms with Crippen molar-refractivity contribution in [2.45, 2.75) is 45.1 Å². The predicted octanol–water partition coefficient (Wildman–Crippen LogP) is 1.82. The summed E-state index contributed by atoms with van der Waals surface area (Å²) in [4.78, 5) is 18.9. The molecular formula is C16H25N3O2. The van der Waals surface area contributed by atoms with Gasteiger partial charge in [0.1, 0.15) is 5.82 Å². The maximum atomic E-state index is 11.7. The minimum absolute atomic E-state index is 0.00832. The van der Waals surface area contributed by atoms with E-state index in [2.05, 4.69) is 21.4 Å². The lowest BCUT2D eigenvalue weighted by molar-refractivity contribution is -0.146. The first-order chi connectivity index (χ1) is 10.2. The molecule has 0 radical (unpaired) electrons. The molecule has 116 valence electrons. The van der Waals surface area contributed by atoms with Gasteiger partial charge in [-0.1, -0.05) is 6.92 Å². The molecule has 5 nitrogen and oxygen atoms in total. The molecule has 1 aromatic rings. The largest absolute Gasteiger partial charge is 0.469 e. The third-order valence-electron chi connectivity index (χ3n) is 5.06. The molecule has 5 heteroatoms. The number of carbonyl (C=O) groups excluding carboxylic acids is 1. The van der Waals surface area contributed by atoms with Crippen LogP contribution in [0.5, 0.6) is 0 Å². The number of rotatable bonds is 3. The fourth-order valence-electron chi connectivity index (χ4n) is 3.69. The number of ether oxygens (including phenoxy) is 1. The van der Waals surface area contributed by atoms with E-state index in [-0.39, 0.29) is 11.9 Å². The van der Waals surface area contributed by atoms with Gasteiger partial charge < -0.3 is 14.2 Å². The van der Waals surface area contributed by atoms with Gasteiger partial charge in [0.15, 0.2) is 0 Å². The molecule has 0 spiro atoms. The molecule has 2 aliphatic heterocycles. The zero-order valence-electron chi connectivity index (χ0n) is 13.0. The summed E-state index contributed by atoms with van der Waals surface area (Å²) < 4.78 is 7.23. The van der Waals surface area contributed by atoms with Gasteiger partial charge in [-0.3, -0.25) is 4.79 Å². The Bertz CT molecular complexity index is 504. The molecular weight excluding hydrogens is 266 g/mol. The lowest BCUT2D eigenvalue weighted by Crippen LogP contribution is -2.34. The zero-order valence-corrected chi connectivity index (χ0v) is 13.0. The van der Waals surface area contributed by atoms with E-state index in [4.69, 9.17) is 4.74 Å². The minimum atomic E-state index is -0.0831. The van der Waals surface area contributed by atoms with Crippen LogP contribution in [0.25, 0.3) is 0 Å². The second-order valence-corrected chi connectivity index (χ2v) is 6.18. The summed E-state index contributed by atoms with van der Waals surface area (Å²) in [6, 6.07) is 0. The summed E-state index contributed by atoms with van der Waals surface area (Å²) in [5, 5.41) is 0. The van der Waals surface area contributed by atoms with Crippen LogP contribution in [-0.2, 0) is 22.5 Å². The van der Waals surface area contributed by atoms with Crippen LogP contribution in [-0.4, -0.2) is 47.2 Å². The highest BCUT2D eigenvalue weighted by Crippen LogP contribution is 2.31. The molecule has 1 unspecified atom stereocenters. The van der Waals surface area contributed by atoms with E-state index in [1.165, 1.54) is 44.6 Å². The first-order valence-electron chi connectivity index (χ1n) is 8.07. The number of imidazole rings is 1. The number of likely N-dealkylation sites (tertiary alicyclic amines) is 1. The van der Waals surface area contributed by atoms with Gasteiger partial charge in [0, 0.05) is 30.8 Å². The van der Waals surface area contributed by atoms with Crippen molar-refractivity contribution < 1.29 is 9.53 Å². The number of nitrogens with zero attached hydrogens (tertiary/aromatic N) is 3. The van der Waals surface area contributed by atoms with Crippen molar-refractivity contribution >= 4 is 5.97 Å². The minimum Gasteiger partial charge on any atom is -0.469 e. The Morgan fingerprint density at radius 2 is 2.10 bits per heavy atom. The third kappa shape index (κ3) is 2.84. The van der Waals surface area contributed by atoms with E-state index in [0.717, 1.165) is 25.9 Å². The van der Waals surface area contributed by atoms with E-state index in [1.807, 2.05) is 6.20 Å². The molecule has 1 atom stereocenters. The maximum absolute atomic E-state index is 11.7. The van der Waals surface area contributed by atoms with Crippen molar-refractivity contribution in [1.29, 1.82) is 0 Å². The van der Waals surface area contributed by atoms with Crippen LogP contribution in [0, 0.1) is 5.92 Å². The molecule has 0 bridgehead atoms. The molecule has 0 N–H and O–H groups in total. The van der Waals surface area contributed by atoms with Gasteiger partial charge in [0.25, 0.3) is 0 Å². The van der Waals surface area contributed by atoms with Crippen molar-refractivity contribution in [2.75, 3.05) is 26.7 Å². The van der Waals surface area contributed by atoms with Gasteiger partial charge in [-0.25, -0.2) is 4.98 Å². The molecule has 0 amide bonds. The molecule has 0 saturated carbocycles. The number of aromatic nitrogens is 2. The van der Waals surface area contributed by atoms with Crippen LogP contribution < -0.4 is 0 Å². The lowest BCUT2D eigenvalue weighted by Gasteiger charge is -2.32. The van der Waals surface area contributed by atoms with E-state index in [9.17, 15) is 4.79 Å². The van der Waals surface area contributed by atoms with Crippen LogP contribution >= 0.6 is 0 Å². The van der Waals surface area contributed by atoms with E-state index >= 15 is 0 Å². The van der Waals surface area contributed by atoms with Crippen LogP contribution in [0.1, 0.15) is 43.6 Å². The van der Waals surface area contributed by atoms with Crippen molar-refractivity contribution in [3.63, 3.8) is 0 Å². The van der Waals surface area contributed by atoms with Gasteiger partial charge in [0.2, 0.25) is 0 Å². The number of hydrogen-bond donors (Lipinski definition) is 0. The average molecular weight is 291 g/mol. The van der Waals surface area contributed by atoms with Crippen molar-refractivity contribution in [1.82, 2.24) is 14.5 Å². The lowest BCUT2D eigenvalue weighted by atomic mass is 9.93. The third-order valence-corrected chi connectivity index (χ3v) is 5.06. The summed E-state index contributed by atoms with van der Waals surface area (Å²) in [5.74, 6) is 1.74. The number of methoxy groups -OCH3 is 1. The van der Waals surface area contributed by atoms with Crippen LogP contribution in [0.4, 0.5) is 0 Å². The van der Waals surface area contributed by atoms with Crippen molar-refractivity contribution in [3.8, 4) is 0 Å². The van der Waals surface area contributed by atoms with Gasteiger partial charge in [-0.15, -0.1) is 0 Å². The highest BCUT2D eigenvalue weighted by molar-refractivity contribution is 5.72. The molecule has 1 saturated heterocycles. The molecule has 3 heterocycles. The van der Waals surface area contributed by atoms with Crippen molar-refractivity contribution in [3.05, 3.63) is 17.7 Å². The molecule has 21 heavy (non-hydrogen) atoms. The molecule has 2 aliphatic rings. The summed E-state index contributed by atoms with van der Waals surface area (Å²) >= 11 is 0. The normalized spacial score (nSPS) is 23.8. The highest BCUT2D eigenvalue weighted by atomic mass is 16.5. The number of hydrogen-bond acceptors (Lipinski definition) is 4. The van der Waals surface area contributed by atoms with Crippen LogP contribution in [0.15, 0.2) is 6.20 Å². The number of carbonyl (C=O) groups is 1. The Balaban J connectivity index is 1.70. The Morgan fingerprint density at radius 3 is 2.76 bits per heavy atom. The Kier molecular flexibility index (Phi) is 4.29. The summed E-state index contributed by atoms with van der Waals surface area (Å²) in [7, 11) is 1.47. The van der Waals surface area contributed by atoms with Crippen LogP contribution in [0.3, 0.4) is 0 Å². The topological polar surface area (TPSA) is 47.4 Å². The zero-order chi connectivity index (χ0) is 14.8. The molecule has 1 aromatic heterocycles. The fraction of sp³-hybridized carbons (Fsp3) is 0.750. The number of fused-ring (bicyclic) bond motifs is 1. The van der Waals surface area contributed by atoms with Gasteiger partial charge in [0.05, 0.1) is 13.0 Å². The Labute approximate surface area is 126 Å². The second-order valence-electron chi connectivity index (χ2n) is 6.18. The van der Waals surface area contributed by atoms with Crippen LogP contribution in [0.2, 0.25) is 0 Å². The Morgan fingerprint density at radius 1 is 1.33 bits per heavy atom. The summed E-state index contributed by atoms with van der Waals surface area (Å²) in [6.07, 6.45) is 6.01. The predicted molar refractivity (Wildman–Crippen MR) is 80.1 cm³/mol. The second kappa shape index (κ2) is 6.18. The summed E-state index contributed by atoms with van der Waals surface area (Å²) in [5.41, 5.74) is 1.20. The maximum Gasteiger partial charge on any atom is 0.309 e. The fourth-order valence-corrected chi connectivity index (χ4v) is 3.69. The van der Waals surface area contributed by atoms with E-state index < -0.39 is 0 Å². The molecule has 3 rings (SSSR count). The van der Waals surface area contributed by atoms with Gasteiger partial charge >= 0.3 is 5.97 Å². The van der Waals surface area contributed by atoms with Gasteiger partial charge in [-0.2, -0.15) is 0 Å². The highest BCUT2D eigenvalue weighted by Gasteiger charge is 2.30. The van der Waals surface area contributed by atoms with E-state index in [1.54, 1.807) is 0 Å². The van der Waals surface area contributed by atoms with Crippen molar-refractivity contribution in [2.24, 2.45) is 5.92 Å². The number of piperidine rings is 1. The smallest absolute Gasteiger partial charge is 0.309 e. The SMILES string of the molecule is CCN1CCC(c2ncc3n2CCC(C(=O)OC)C3)CC1. The average Bonchev–Trinajstić information content (AvgIpc) is 2.97. The Hall–Kier alpha value is -1.36. The standard InChI is InChI=1S/C16H25N3O2/c1-3-18-7-4-12(5-8-18)15-17-11-14-10-13(16(20)21-2)6-9-19(14)15/h11-13H,3-10H2,1-2H3. The van der Waals surface area contributed by atoms with Gasteiger partial charge in [-0.05, 0) is 38.9 Å². The monoisotopic (exact) mass is 291 g/mol. The molecule has 1 fully saturated rings. The number of esters is 1. The quantitative estimate of drug-likeness (QED) is 0.797. The molecule has 0 aliphatic carbocycles.